The molecule has 1 rings (SSSR count). The molecule has 0 aliphatic carbocycles. The van der Waals surface area contributed by atoms with Crippen LogP contribution in [0, 0.1) is 5.92 Å². The van der Waals surface area contributed by atoms with Crippen molar-refractivity contribution in [2.45, 2.75) is 19.8 Å². The van der Waals surface area contributed by atoms with Gasteiger partial charge in [-0.15, -0.1) is 0 Å². The topological polar surface area (TPSA) is 78.4 Å². The summed E-state index contributed by atoms with van der Waals surface area (Å²) in [5.41, 5.74) is 0.903. The molecule has 2 amide bonds. The van der Waals surface area contributed by atoms with Crippen LogP contribution < -0.4 is 10.6 Å². The van der Waals surface area contributed by atoms with Crippen molar-refractivity contribution in [1.82, 2.24) is 10.6 Å². The Hall–Kier alpha value is -1.46. The summed E-state index contributed by atoms with van der Waals surface area (Å²) in [5, 5.41) is 15.1. The van der Waals surface area contributed by atoms with Gasteiger partial charge in [0.1, 0.15) is 0 Å². The molecule has 3 N–H and O–H groups in total. The maximum Gasteiger partial charge on any atom is 0.314 e. The number of halogens is 2. The van der Waals surface area contributed by atoms with E-state index < -0.39 is 5.97 Å². The molecule has 0 saturated heterocycles. The summed E-state index contributed by atoms with van der Waals surface area (Å²) in [7, 11) is 0. The van der Waals surface area contributed by atoms with Gasteiger partial charge in [-0.3, -0.25) is 4.79 Å². The first-order valence-electron chi connectivity index (χ1n) is 6.56. The van der Waals surface area contributed by atoms with Crippen molar-refractivity contribution in [3.63, 3.8) is 0 Å². The Bertz CT molecular complexity index is 509. The van der Waals surface area contributed by atoms with Gasteiger partial charge >= 0.3 is 12.0 Å². The first-order chi connectivity index (χ1) is 9.88. The summed E-state index contributed by atoms with van der Waals surface area (Å²) in [6.45, 7) is 2.52. The van der Waals surface area contributed by atoms with E-state index in [2.05, 4.69) is 10.6 Å². The van der Waals surface area contributed by atoms with E-state index in [1.807, 2.05) is 6.07 Å². The lowest BCUT2D eigenvalue weighted by Gasteiger charge is -2.11. The van der Waals surface area contributed by atoms with Crippen molar-refractivity contribution in [1.29, 1.82) is 0 Å². The molecule has 1 aromatic carbocycles. The van der Waals surface area contributed by atoms with Crippen LogP contribution in [-0.2, 0) is 11.2 Å². The van der Waals surface area contributed by atoms with Crippen molar-refractivity contribution in [3.8, 4) is 0 Å². The minimum Gasteiger partial charge on any atom is -0.481 e. The van der Waals surface area contributed by atoms with Crippen molar-refractivity contribution >= 4 is 35.2 Å². The lowest BCUT2D eigenvalue weighted by molar-refractivity contribution is -0.137. The quantitative estimate of drug-likeness (QED) is 0.718. The van der Waals surface area contributed by atoms with Crippen LogP contribution in [-0.4, -0.2) is 30.2 Å². The molecule has 0 saturated carbocycles. The van der Waals surface area contributed by atoms with Gasteiger partial charge in [-0.2, -0.15) is 0 Å². The molecule has 0 fully saturated rings. The Morgan fingerprint density at radius 3 is 2.62 bits per heavy atom. The van der Waals surface area contributed by atoms with Crippen LogP contribution in [0.4, 0.5) is 4.79 Å². The monoisotopic (exact) mass is 332 g/mol. The van der Waals surface area contributed by atoms with Gasteiger partial charge in [0.25, 0.3) is 0 Å². The minimum atomic E-state index is -0.873. The molecule has 5 nitrogen and oxygen atoms in total. The lowest BCUT2D eigenvalue weighted by atomic mass is 10.1. The number of amides is 2. The molecule has 0 bridgehead atoms. The molecule has 116 valence electrons. The van der Waals surface area contributed by atoms with Crippen LogP contribution in [0.15, 0.2) is 18.2 Å². The van der Waals surface area contributed by atoms with Gasteiger partial charge in [0.05, 0.1) is 0 Å². The van der Waals surface area contributed by atoms with Crippen LogP contribution in [0.2, 0.25) is 10.0 Å². The first-order valence-corrected chi connectivity index (χ1v) is 7.31. The molecule has 7 heteroatoms. The van der Waals surface area contributed by atoms with Crippen molar-refractivity contribution < 1.29 is 14.7 Å². The first kappa shape index (κ1) is 17.6. The molecule has 1 unspecified atom stereocenters. The SMILES string of the molecule is CC(CNC(=O)NCCc1ccc(Cl)cc1Cl)CC(=O)O. The maximum absolute atomic E-state index is 11.5. The van der Waals surface area contributed by atoms with Crippen LogP contribution in [0.1, 0.15) is 18.9 Å². The molecular weight excluding hydrogens is 315 g/mol. The van der Waals surface area contributed by atoms with Crippen LogP contribution in [0.3, 0.4) is 0 Å². The lowest BCUT2D eigenvalue weighted by Crippen LogP contribution is -2.39. The second-order valence-corrected chi connectivity index (χ2v) is 5.67. The Kier molecular flexibility index (Phi) is 7.32. The maximum atomic E-state index is 11.5. The van der Waals surface area contributed by atoms with E-state index in [1.54, 1.807) is 19.1 Å². The average Bonchev–Trinajstić information content (AvgIpc) is 2.38. The summed E-state index contributed by atoms with van der Waals surface area (Å²) < 4.78 is 0. The Balaban J connectivity index is 2.26. The van der Waals surface area contributed by atoms with E-state index in [9.17, 15) is 9.59 Å². The normalized spacial score (nSPS) is 11.8. The number of carbonyl (C=O) groups is 2. The van der Waals surface area contributed by atoms with E-state index in [4.69, 9.17) is 28.3 Å². The van der Waals surface area contributed by atoms with Gasteiger partial charge in [0.15, 0.2) is 0 Å². The molecular formula is C14H18Cl2N2O3. The van der Waals surface area contributed by atoms with Gasteiger partial charge in [-0.25, -0.2) is 4.79 Å². The Morgan fingerprint density at radius 2 is 2.00 bits per heavy atom. The molecule has 0 aliphatic heterocycles. The number of hydrogen-bond acceptors (Lipinski definition) is 2. The Labute approximate surface area is 133 Å². The van der Waals surface area contributed by atoms with E-state index in [1.165, 1.54) is 0 Å². The van der Waals surface area contributed by atoms with Gasteiger partial charge in [0.2, 0.25) is 0 Å². The fourth-order valence-corrected chi connectivity index (χ4v) is 2.24. The summed E-state index contributed by atoms with van der Waals surface area (Å²) >= 11 is 11.8. The highest BCUT2D eigenvalue weighted by Crippen LogP contribution is 2.20. The highest BCUT2D eigenvalue weighted by Gasteiger charge is 2.09. The smallest absolute Gasteiger partial charge is 0.314 e. The zero-order chi connectivity index (χ0) is 15.8. The average molecular weight is 333 g/mol. The number of hydrogen-bond donors (Lipinski definition) is 3. The van der Waals surface area contributed by atoms with Crippen molar-refractivity contribution in [2.75, 3.05) is 13.1 Å². The summed E-state index contributed by atoms with van der Waals surface area (Å²) in [6, 6.07) is 4.90. The third-order valence-electron chi connectivity index (χ3n) is 2.83. The molecule has 0 radical (unpaired) electrons. The predicted molar refractivity (Wildman–Crippen MR) is 83.0 cm³/mol. The summed E-state index contributed by atoms with van der Waals surface area (Å²) in [4.78, 5) is 22.0. The number of aliphatic carboxylic acids is 1. The van der Waals surface area contributed by atoms with E-state index in [0.717, 1.165) is 5.56 Å². The van der Waals surface area contributed by atoms with Crippen molar-refractivity contribution in [2.24, 2.45) is 5.92 Å². The summed E-state index contributed by atoms with van der Waals surface area (Å²) in [5.74, 6) is -0.985. The molecule has 1 aromatic rings. The van der Waals surface area contributed by atoms with E-state index in [0.29, 0.717) is 29.6 Å². The zero-order valence-corrected chi connectivity index (χ0v) is 13.2. The molecule has 0 heterocycles. The number of benzene rings is 1. The minimum absolute atomic E-state index is 0.0284. The highest BCUT2D eigenvalue weighted by atomic mass is 35.5. The second-order valence-electron chi connectivity index (χ2n) is 4.83. The number of nitrogens with one attached hydrogen (secondary N) is 2. The van der Waals surface area contributed by atoms with Gasteiger partial charge in [-0.1, -0.05) is 36.2 Å². The third kappa shape index (κ3) is 7.20. The number of carbonyl (C=O) groups excluding carboxylic acids is 1. The van der Waals surface area contributed by atoms with Gasteiger partial charge in [-0.05, 0) is 30.0 Å². The van der Waals surface area contributed by atoms with E-state index in [-0.39, 0.29) is 18.4 Å². The number of rotatable bonds is 7. The standard InChI is InChI=1S/C14H18Cl2N2O3/c1-9(6-13(19)20)8-18-14(21)17-5-4-10-2-3-11(15)7-12(10)16/h2-3,7,9H,4-6,8H2,1H3,(H,19,20)(H2,17,18,21). The molecule has 0 aromatic heterocycles. The molecule has 21 heavy (non-hydrogen) atoms. The van der Waals surface area contributed by atoms with Crippen molar-refractivity contribution in [3.05, 3.63) is 33.8 Å². The zero-order valence-electron chi connectivity index (χ0n) is 11.7. The molecule has 0 aliphatic rings. The molecule has 0 spiro atoms. The van der Waals surface area contributed by atoms with Gasteiger partial charge < -0.3 is 15.7 Å². The van der Waals surface area contributed by atoms with Crippen LogP contribution in [0.25, 0.3) is 0 Å². The molecule has 1 atom stereocenters. The number of carboxylic acids is 1. The number of urea groups is 1. The fourth-order valence-electron chi connectivity index (χ4n) is 1.73. The predicted octanol–water partition coefficient (Wildman–Crippen LogP) is 2.95. The second kappa shape index (κ2) is 8.74. The van der Waals surface area contributed by atoms with Crippen LogP contribution >= 0.6 is 23.2 Å². The third-order valence-corrected chi connectivity index (χ3v) is 3.42. The largest absolute Gasteiger partial charge is 0.481 e. The highest BCUT2D eigenvalue weighted by molar-refractivity contribution is 6.35. The summed E-state index contributed by atoms with van der Waals surface area (Å²) in [6.07, 6.45) is 0.620. The van der Waals surface area contributed by atoms with E-state index >= 15 is 0 Å². The van der Waals surface area contributed by atoms with Crippen LogP contribution in [0.5, 0.6) is 0 Å². The Morgan fingerprint density at radius 1 is 1.29 bits per heavy atom. The fraction of sp³-hybridized carbons (Fsp3) is 0.429. The number of carboxylic acid groups (broad SMARTS) is 1. The van der Waals surface area contributed by atoms with Gasteiger partial charge in [0, 0.05) is 29.6 Å².